The average Bonchev–Trinajstić information content (AvgIpc) is 3.16. The summed E-state index contributed by atoms with van der Waals surface area (Å²) in [7, 11) is 0. The Labute approximate surface area is 161 Å². The van der Waals surface area contributed by atoms with Crippen LogP contribution >= 0.6 is 15.9 Å². The van der Waals surface area contributed by atoms with Gasteiger partial charge < -0.3 is 9.47 Å². The molecule has 0 unspecified atom stereocenters. The lowest BCUT2D eigenvalue weighted by Crippen LogP contribution is -2.24. The zero-order chi connectivity index (χ0) is 18.3. The molecule has 2 aromatic carbocycles. The van der Waals surface area contributed by atoms with Crippen molar-refractivity contribution in [1.82, 2.24) is 9.55 Å². The van der Waals surface area contributed by atoms with Crippen LogP contribution < -0.4 is 4.90 Å². The number of aromatic nitrogens is 2. The molecule has 1 aliphatic rings. The van der Waals surface area contributed by atoms with E-state index in [1.807, 2.05) is 54.3 Å². The Morgan fingerprint density at radius 3 is 2.69 bits per heavy atom. The van der Waals surface area contributed by atoms with Crippen LogP contribution in [-0.2, 0) is 11.3 Å². The number of para-hydroxylation sites is 2. The summed E-state index contributed by atoms with van der Waals surface area (Å²) in [5, 5.41) is 0. The number of allylic oxidation sites excluding steroid dienone is 1. The first-order valence-corrected chi connectivity index (χ1v) is 9.47. The molecule has 1 aromatic heterocycles. The van der Waals surface area contributed by atoms with Crippen molar-refractivity contribution in [3.8, 4) is 0 Å². The van der Waals surface area contributed by atoms with Gasteiger partial charge in [-0.3, -0.25) is 4.79 Å². The SMILES string of the molecule is C=C(C)Cn1c([C@H]2CC(=O)N(c3ccc(Br)cc3)C2)nc2ccccc21. The van der Waals surface area contributed by atoms with E-state index in [-0.39, 0.29) is 11.8 Å². The summed E-state index contributed by atoms with van der Waals surface area (Å²) in [6.45, 7) is 7.45. The number of benzene rings is 2. The Kier molecular flexibility index (Phi) is 4.41. The van der Waals surface area contributed by atoms with Crippen LogP contribution in [0.15, 0.2) is 65.2 Å². The number of carbonyl (C=O) groups excluding carboxylic acids is 1. The number of hydrogen-bond donors (Lipinski definition) is 0. The molecule has 1 atom stereocenters. The van der Waals surface area contributed by atoms with E-state index in [1.165, 1.54) is 0 Å². The van der Waals surface area contributed by atoms with Gasteiger partial charge in [0.25, 0.3) is 0 Å². The number of rotatable bonds is 4. The highest BCUT2D eigenvalue weighted by molar-refractivity contribution is 9.10. The molecule has 26 heavy (non-hydrogen) atoms. The Bertz CT molecular complexity index is 990. The third-order valence-electron chi connectivity index (χ3n) is 4.74. The molecule has 1 fully saturated rings. The standard InChI is InChI=1S/C21H20BrN3O/c1-14(2)12-25-19-6-4-3-5-18(19)23-21(25)15-11-20(26)24(13-15)17-9-7-16(22)8-10-17/h3-10,15H,1,11-13H2,2H3/t15-/m0/s1. The molecule has 1 amide bonds. The van der Waals surface area contributed by atoms with Gasteiger partial charge in [0.1, 0.15) is 5.82 Å². The molecule has 2 heterocycles. The second kappa shape index (κ2) is 6.72. The maximum absolute atomic E-state index is 12.7. The Hall–Kier alpha value is -2.40. The van der Waals surface area contributed by atoms with E-state index in [4.69, 9.17) is 4.98 Å². The van der Waals surface area contributed by atoms with E-state index in [1.54, 1.807) is 0 Å². The number of fused-ring (bicyclic) bond motifs is 1. The third kappa shape index (κ3) is 3.07. The summed E-state index contributed by atoms with van der Waals surface area (Å²) in [5.74, 6) is 1.20. The number of halogens is 1. The quantitative estimate of drug-likeness (QED) is 0.574. The first kappa shape index (κ1) is 17.0. The van der Waals surface area contributed by atoms with Crippen molar-refractivity contribution in [1.29, 1.82) is 0 Å². The highest BCUT2D eigenvalue weighted by Crippen LogP contribution is 2.33. The Morgan fingerprint density at radius 2 is 1.96 bits per heavy atom. The van der Waals surface area contributed by atoms with Crippen molar-refractivity contribution in [3.05, 3.63) is 71.0 Å². The fourth-order valence-corrected chi connectivity index (χ4v) is 3.86. The molecular formula is C21H20BrN3O. The smallest absolute Gasteiger partial charge is 0.227 e. The van der Waals surface area contributed by atoms with Gasteiger partial charge >= 0.3 is 0 Å². The van der Waals surface area contributed by atoms with E-state index in [2.05, 4.69) is 33.1 Å². The topological polar surface area (TPSA) is 38.1 Å². The summed E-state index contributed by atoms with van der Waals surface area (Å²) in [6.07, 6.45) is 0.482. The van der Waals surface area contributed by atoms with Crippen LogP contribution in [0.5, 0.6) is 0 Å². The van der Waals surface area contributed by atoms with Gasteiger partial charge in [-0.1, -0.05) is 40.2 Å². The van der Waals surface area contributed by atoms with E-state index in [0.29, 0.717) is 13.0 Å². The fraction of sp³-hybridized carbons (Fsp3) is 0.238. The number of nitrogens with zero attached hydrogens (tertiary/aromatic N) is 3. The van der Waals surface area contributed by atoms with Gasteiger partial charge in [0, 0.05) is 35.6 Å². The van der Waals surface area contributed by atoms with Gasteiger partial charge in [-0.2, -0.15) is 0 Å². The molecule has 0 radical (unpaired) electrons. The minimum atomic E-state index is 0.0814. The third-order valence-corrected chi connectivity index (χ3v) is 5.27. The van der Waals surface area contributed by atoms with E-state index in [0.717, 1.165) is 39.1 Å². The summed E-state index contributed by atoms with van der Waals surface area (Å²) in [6, 6.07) is 16.0. The lowest BCUT2D eigenvalue weighted by atomic mass is 10.1. The van der Waals surface area contributed by atoms with Crippen LogP contribution in [0.1, 0.15) is 25.1 Å². The van der Waals surface area contributed by atoms with Crippen LogP contribution in [0.3, 0.4) is 0 Å². The lowest BCUT2D eigenvalue weighted by molar-refractivity contribution is -0.117. The van der Waals surface area contributed by atoms with Crippen molar-refractivity contribution >= 4 is 38.6 Å². The van der Waals surface area contributed by atoms with Crippen molar-refractivity contribution in [2.45, 2.75) is 25.8 Å². The number of anilines is 1. The molecule has 1 aliphatic heterocycles. The lowest BCUT2D eigenvalue weighted by Gasteiger charge is -2.17. The maximum Gasteiger partial charge on any atom is 0.227 e. The van der Waals surface area contributed by atoms with Crippen LogP contribution in [0.2, 0.25) is 0 Å². The van der Waals surface area contributed by atoms with E-state index >= 15 is 0 Å². The first-order chi connectivity index (χ1) is 12.5. The molecule has 3 aromatic rings. The second-order valence-corrected chi connectivity index (χ2v) is 7.80. The fourth-order valence-electron chi connectivity index (χ4n) is 3.59. The van der Waals surface area contributed by atoms with Crippen LogP contribution in [0.4, 0.5) is 5.69 Å². The summed E-state index contributed by atoms with van der Waals surface area (Å²) in [4.78, 5) is 19.4. The Balaban J connectivity index is 1.71. The first-order valence-electron chi connectivity index (χ1n) is 8.68. The van der Waals surface area contributed by atoms with Crippen molar-refractivity contribution in [3.63, 3.8) is 0 Å². The molecule has 0 saturated carbocycles. The predicted molar refractivity (Wildman–Crippen MR) is 108 cm³/mol. The second-order valence-electron chi connectivity index (χ2n) is 6.88. The van der Waals surface area contributed by atoms with E-state index in [9.17, 15) is 4.79 Å². The summed E-state index contributed by atoms with van der Waals surface area (Å²) in [5.41, 5.74) is 4.07. The molecule has 4 rings (SSSR count). The minimum Gasteiger partial charge on any atom is -0.324 e. The zero-order valence-corrected chi connectivity index (χ0v) is 16.2. The molecule has 0 spiro atoms. The van der Waals surface area contributed by atoms with Gasteiger partial charge in [0.2, 0.25) is 5.91 Å². The Morgan fingerprint density at radius 1 is 1.23 bits per heavy atom. The van der Waals surface area contributed by atoms with Crippen LogP contribution in [0, 0.1) is 0 Å². The molecular weight excluding hydrogens is 390 g/mol. The van der Waals surface area contributed by atoms with E-state index < -0.39 is 0 Å². The largest absolute Gasteiger partial charge is 0.324 e. The molecule has 5 heteroatoms. The normalized spacial score (nSPS) is 17.2. The monoisotopic (exact) mass is 409 g/mol. The highest BCUT2D eigenvalue weighted by Gasteiger charge is 2.34. The van der Waals surface area contributed by atoms with Crippen LogP contribution in [0.25, 0.3) is 11.0 Å². The van der Waals surface area contributed by atoms with Gasteiger partial charge in [0.05, 0.1) is 11.0 Å². The summed E-state index contributed by atoms with van der Waals surface area (Å²) >= 11 is 3.44. The minimum absolute atomic E-state index is 0.0814. The predicted octanol–water partition coefficient (Wildman–Crippen LogP) is 4.90. The number of amides is 1. The van der Waals surface area contributed by atoms with Gasteiger partial charge in [-0.15, -0.1) is 0 Å². The number of hydrogen-bond acceptors (Lipinski definition) is 2. The van der Waals surface area contributed by atoms with Crippen LogP contribution in [-0.4, -0.2) is 22.0 Å². The van der Waals surface area contributed by atoms with Gasteiger partial charge in [-0.25, -0.2) is 4.98 Å². The highest BCUT2D eigenvalue weighted by atomic mass is 79.9. The summed E-state index contributed by atoms with van der Waals surface area (Å²) < 4.78 is 3.22. The zero-order valence-electron chi connectivity index (χ0n) is 14.7. The van der Waals surface area contributed by atoms with Gasteiger partial charge in [-0.05, 0) is 43.3 Å². The average molecular weight is 410 g/mol. The number of carbonyl (C=O) groups is 1. The molecule has 132 valence electrons. The van der Waals surface area contributed by atoms with Crippen molar-refractivity contribution < 1.29 is 4.79 Å². The van der Waals surface area contributed by atoms with Crippen molar-refractivity contribution in [2.24, 2.45) is 0 Å². The molecule has 4 nitrogen and oxygen atoms in total. The number of imidazole rings is 1. The molecule has 0 aliphatic carbocycles. The van der Waals surface area contributed by atoms with Gasteiger partial charge in [0.15, 0.2) is 0 Å². The van der Waals surface area contributed by atoms with Crippen molar-refractivity contribution in [2.75, 3.05) is 11.4 Å². The maximum atomic E-state index is 12.7. The molecule has 1 saturated heterocycles. The molecule has 0 bridgehead atoms. The molecule has 0 N–H and O–H groups in total.